The van der Waals surface area contributed by atoms with Gasteiger partial charge in [0.15, 0.2) is 0 Å². The monoisotopic (exact) mass is 251 g/mol. The van der Waals surface area contributed by atoms with Crippen LogP contribution in [0.1, 0.15) is 38.2 Å². The molecule has 1 aliphatic carbocycles. The van der Waals surface area contributed by atoms with E-state index in [4.69, 9.17) is 0 Å². The minimum Gasteiger partial charge on any atom is -0.508 e. The predicted molar refractivity (Wildman–Crippen MR) is 71.0 cm³/mol. The minimum absolute atomic E-state index is 0.187. The Balaban J connectivity index is 2.01. The van der Waals surface area contributed by atoms with Gasteiger partial charge in [-0.25, -0.2) is 4.39 Å². The number of hydrogen-bond donors (Lipinski definition) is 1. The molecule has 0 amide bonds. The van der Waals surface area contributed by atoms with Crippen LogP contribution in [-0.2, 0) is 6.54 Å². The molecule has 1 saturated carbocycles. The molecule has 0 heterocycles. The van der Waals surface area contributed by atoms with Crippen LogP contribution in [0.25, 0.3) is 0 Å². The van der Waals surface area contributed by atoms with Crippen LogP contribution >= 0.6 is 0 Å². The van der Waals surface area contributed by atoms with Crippen molar-refractivity contribution >= 4 is 0 Å². The van der Waals surface area contributed by atoms with E-state index in [2.05, 4.69) is 18.9 Å². The van der Waals surface area contributed by atoms with Gasteiger partial charge in [0, 0.05) is 18.2 Å². The van der Waals surface area contributed by atoms with Gasteiger partial charge in [-0.3, -0.25) is 4.90 Å². The van der Waals surface area contributed by atoms with E-state index >= 15 is 0 Å². The molecule has 0 bridgehead atoms. The molecular weight excluding hydrogens is 229 g/mol. The summed E-state index contributed by atoms with van der Waals surface area (Å²) in [7, 11) is 2.06. The summed E-state index contributed by atoms with van der Waals surface area (Å²) in [4.78, 5) is 2.24. The number of phenolic OH excluding ortho intramolecular Hbond substituents is 1. The molecule has 0 aromatic heterocycles. The van der Waals surface area contributed by atoms with Gasteiger partial charge in [-0.05, 0) is 44.0 Å². The molecule has 2 nitrogen and oxygen atoms in total. The number of halogens is 1. The van der Waals surface area contributed by atoms with E-state index in [9.17, 15) is 9.50 Å². The second-order valence-corrected chi connectivity index (χ2v) is 5.61. The Bertz CT molecular complexity index is 407. The molecule has 1 aromatic carbocycles. The van der Waals surface area contributed by atoms with Crippen LogP contribution in [0, 0.1) is 11.7 Å². The third-order valence-corrected chi connectivity index (χ3v) is 3.99. The van der Waals surface area contributed by atoms with Crippen molar-refractivity contribution in [3.8, 4) is 5.75 Å². The van der Waals surface area contributed by atoms with Crippen molar-refractivity contribution in [2.45, 2.75) is 45.2 Å². The fraction of sp³-hybridized carbons (Fsp3) is 0.600. The molecule has 1 fully saturated rings. The highest BCUT2D eigenvalue weighted by Gasteiger charge is 2.22. The maximum Gasteiger partial charge on any atom is 0.123 e. The molecule has 1 N–H and O–H groups in total. The van der Waals surface area contributed by atoms with E-state index in [0.29, 0.717) is 18.2 Å². The zero-order chi connectivity index (χ0) is 13.1. The third kappa shape index (κ3) is 3.22. The fourth-order valence-corrected chi connectivity index (χ4v) is 2.88. The van der Waals surface area contributed by atoms with Gasteiger partial charge < -0.3 is 5.11 Å². The summed E-state index contributed by atoms with van der Waals surface area (Å²) in [6.07, 6.45) is 4.99. The van der Waals surface area contributed by atoms with Crippen molar-refractivity contribution in [2.75, 3.05) is 7.05 Å². The van der Waals surface area contributed by atoms with Crippen LogP contribution in [0.15, 0.2) is 18.2 Å². The SMILES string of the molecule is CC1CCCC(N(C)Cc2cc(F)ccc2O)C1. The zero-order valence-corrected chi connectivity index (χ0v) is 11.2. The van der Waals surface area contributed by atoms with Crippen LogP contribution in [0.2, 0.25) is 0 Å². The second-order valence-electron chi connectivity index (χ2n) is 5.61. The van der Waals surface area contributed by atoms with Crippen LogP contribution in [0.5, 0.6) is 5.75 Å². The van der Waals surface area contributed by atoms with Gasteiger partial charge in [0.2, 0.25) is 0 Å². The van der Waals surface area contributed by atoms with Crippen molar-refractivity contribution in [1.82, 2.24) is 4.90 Å². The lowest BCUT2D eigenvalue weighted by atomic mass is 9.86. The molecule has 3 heteroatoms. The smallest absolute Gasteiger partial charge is 0.123 e. The Morgan fingerprint density at radius 3 is 2.89 bits per heavy atom. The Labute approximate surface area is 108 Å². The number of phenols is 1. The summed E-state index contributed by atoms with van der Waals surface area (Å²) in [6.45, 7) is 2.90. The molecule has 1 aromatic rings. The normalized spacial score (nSPS) is 24.4. The predicted octanol–water partition coefficient (Wildman–Crippen LogP) is 3.54. The highest BCUT2D eigenvalue weighted by molar-refractivity contribution is 5.32. The van der Waals surface area contributed by atoms with Crippen molar-refractivity contribution in [1.29, 1.82) is 0 Å². The first kappa shape index (κ1) is 13.3. The molecular formula is C15H22FNO. The molecule has 18 heavy (non-hydrogen) atoms. The topological polar surface area (TPSA) is 23.5 Å². The molecule has 2 unspecified atom stereocenters. The lowest BCUT2D eigenvalue weighted by Crippen LogP contribution is -2.35. The van der Waals surface area contributed by atoms with Crippen molar-refractivity contribution < 1.29 is 9.50 Å². The fourth-order valence-electron chi connectivity index (χ4n) is 2.88. The summed E-state index contributed by atoms with van der Waals surface area (Å²) in [5.74, 6) is 0.674. The van der Waals surface area contributed by atoms with Gasteiger partial charge in [-0.2, -0.15) is 0 Å². The molecule has 0 radical (unpaired) electrons. The molecule has 0 aliphatic heterocycles. The van der Waals surface area contributed by atoms with E-state index in [-0.39, 0.29) is 11.6 Å². The van der Waals surface area contributed by atoms with Crippen LogP contribution in [0.3, 0.4) is 0 Å². The molecule has 0 saturated heterocycles. The number of hydrogen-bond acceptors (Lipinski definition) is 2. The second kappa shape index (κ2) is 5.70. The molecule has 2 rings (SSSR count). The average Bonchev–Trinajstić information content (AvgIpc) is 2.34. The van der Waals surface area contributed by atoms with Gasteiger partial charge in [0.1, 0.15) is 11.6 Å². The van der Waals surface area contributed by atoms with Crippen LogP contribution in [-0.4, -0.2) is 23.1 Å². The van der Waals surface area contributed by atoms with E-state index in [1.54, 1.807) is 0 Å². The van der Waals surface area contributed by atoms with Gasteiger partial charge in [0.25, 0.3) is 0 Å². The summed E-state index contributed by atoms with van der Waals surface area (Å²) < 4.78 is 13.2. The van der Waals surface area contributed by atoms with E-state index in [1.165, 1.54) is 43.9 Å². The largest absolute Gasteiger partial charge is 0.508 e. The first-order valence-electron chi connectivity index (χ1n) is 6.74. The molecule has 0 spiro atoms. The Morgan fingerprint density at radius 1 is 1.39 bits per heavy atom. The Kier molecular flexibility index (Phi) is 4.23. The highest BCUT2D eigenvalue weighted by Crippen LogP contribution is 2.28. The van der Waals surface area contributed by atoms with Crippen molar-refractivity contribution in [3.05, 3.63) is 29.6 Å². The maximum atomic E-state index is 13.2. The molecule has 2 atom stereocenters. The highest BCUT2D eigenvalue weighted by atomic mass is 19.1. The zero-order valence-electron chi connectivity index (χ0n) is 11.2. The van der Waals surface area contributed by atoms with Gasteiger partial charge >= 0.3 is 0 Å². The first-order chi connectivity index (χ1) is 8.56. The molecule has 1 aliphatic rings. The molecule has 100 valence electrons. The van der Waals surface area contributed by atoms with Crippen LogP contribution < -0.4 is 0 Å². The summed E-state index contributed by atoms with van der Waals surface area (Å²) in [6, 6.07) is 4.71. The Hall–Kier alpha value is -1.09. The number of nitrogens with zero attached hydrogens (tertiary/aromatic N) is 1. The lowest BCUT2D eigenvalue weighted by molar-refractivity contribution is 0.156. The first-order valence-corrected chi connectivity index (χ1v) is 6.74. The van der Waals surface area contributed by atoms with Crippen LogP contribution in [0.4, 0.5) is 4.39 Å². The summed E-state index contributed by atoms with van der Waals surface area (Å²) >= 11 is 0. The van der Waals surface area contributed by atoms with Crippen molar-refractivity contribution in [3.63, 3.8) is 0 Å². The summed E-state index contributed by atoms with van der Waals surface area (Å²) in [5, 5.41) is 9.74. The third-order valence-electron chi connectivity index (χ3n) is 3.99. The van der Waals surface area contributed by atoms with E-state index in [1.807, 2.05) is 0 Å². The maximum absolute atomic E-state index is 13.2. The number of aromatic hydroxyl groups is 1. The quantitative estimate of drug-likeness (QED) is 0.888. The van der Waals surface area contributed by atoms with Gasteiger partial charge in [0.05, 0.1) is 0 Å². The average molecular weight is 251 g/mol. The van der Waals surface area contributed by atoms with Gasteiger partial charge in [-0.1, -0.05) is 19.8 Å². The standard InChI is InChI=1S/C15H22FNO/c1-11-4-3-5-14(8-11)17(2)10-12-9-13(16)6-7-15(12)18/h6-7,9,11,14,18H,3-5,8,10H2,1-2H3. The van der Waals surface area contributed by atoms with E-state index < -0.39 is 0 Å². The lowest BCUT2D eigenvalue weighted by Gasteiger charge is -2.34. The number of rotatable bonds is 3. The van der Waals surface area contributed by atoms with Crippen molar-refractivity contribution in [2.24, 2.45) is 5.92 Å². The van der Waals surface area contributed by atoms with Gasteiger partial charge in [-0.15, -0.1) is 0 Å². The summed E-state index contributed by atoms with van der Waals surface area (Å²) in [5.41, 5.74) is 0.677. The van der Waals surface area contributed by atoms with E-state index in [0.717, 1.165) is 5.92 Å². The minimum atomic E-state index is -0.284. The number of benzene rings is 1. The Morgan fingerprint density at radius 2 is 2.17 bits per heavy atom.